The van der Waals surface area contributed by atoms with Crippen LogP contribution in [0.1, 0.15) is 12.8 Å². The first-order valence-corrected chi connectivity index (χ1v) is 3.99. The molecule has 1 heterocycles. The maximum absolute atomic E-state index is 11.0. The summed E-state index contributed by atoms with van der Waals surface area (Å²) in [6.07, 6.45) is -1.08. The lowest BCUT2D eigenvalue weighted by Crippen LogP contribution is -2.50. The van der Waals surface area contributed by atoms with Gasteiger partial charge in [-0.1, -0.05) is 0 Å². The van der Waals surface area contributed by atoms with Gasteiger partial charge in [0.1, 0.15) is 0 Å². The molecule has 1 unspecified atom stereocenters. The lowest BCUT2D eigenvalue weighted by atomic mass is 9.92. The minimum Gasteiger partial charge on any atom is -0.511 e. The van der Waals surface area contributed by atoms with E-state index in [2.05, 4.69) is 9.39 Å². The van der Waals surface area contributed by atoms with E-state index in [4.69, 9.17) is 9.76 Å². The number of hydrogen-bond acceptors (Lipinski definition) is 6. The Balaban J connectivity index is 2.82. The number of carboxylic acids is 1. The lowest BCUT2D eigenvalue weighted by Gasteiger charge is -2.30. The number of hydrogen-bond donors (Lipinski definition) is 1. The van der Waals surface area contributed by atoms with E-state index in [9.17, 15) is 14.4 Å². The number of aliphatic carboxylic acids is 1. The molecule has 1 radical (unpaired) electrons. The topological polar surface area (TPSA) is 99.1 Å². The molecule has 0 amide bonds. The van der Waals surface area contributed by atoms with Crippen LogP contribution in [0.4, 0.5) is 0 Å². The van der Waals surface area contributed by atoms with Gasteiger partial charge in [0.15, 0.2) is 5.60 Å². The standard InChI is InChI=1S/C7H8BO7/c1-13-4(9)2-7(6(11)12)3-5(10)14-8-15-7/h2-3H2,1H3,(H,11,12). The summed E-state index contributed by atoms with van der Waals surface area (Å²) < 4.78 is 13.3. The van der Waals surface area contributed by atoms with Gasteiger partial charge < -0.3 is 19.2 Å². The van der Waals surface area contributed by atoms with E-state index in [0.29, 0.717) is 7.69 Å². The van der Waals surface area contributed by atoms with Gasteiger partial charge in [-0.3, -0.25) is 9.59 Å². The van der Waals surface area contributed by atoms with E-state index in [0.717, 1.165) is 7.11 Å². The van der Waals surface area contributed by atoms with Crippen molar-refractivity contribution in [3.8, 4) is 0 Å². The highest BCUT2D eigenvalue weighted by molar-refractivity contribution is 6.25. The predicted molar refractivity (Wildman–Crippen MR) is 44.5 cm³/mol. The van der Waals surface area contributed by atoms with E-state index in [1.165, 1.54) is 0 Å². The van der Waals surface area contributed by atoms with E-state index < -0.39 is 36.4 Å². The van der Waals surface area contributed by atoms with Crippen LogP contribution in [-0.4, -0.2) is 43.4 Å². The molecular formula is C7H8BO7. The first kappa shape index (κ1) is 11.5. The van der Waals surface area contributed by atoms with Crippen LogP contribution in [0, 0.1) is 0 Å². The van der Waals surface area contributed by atoms with Crippen LogP contribution in [0.5, 0.6) is 0 Å². The van der Waals surface area contributed by atoms with Gasteiger partial charge in [0.05, 0.1) is 20.0 Å². The van der Waals surface area contributed by atoms with Crippen LogP contribution in [-0.2, 0) is 28.4 Å². The largest absolute Gasteiger partial charge is 0.575 e. The van der Waals surface area contributed by atoms with E-state index in [1.807, 2.05) is 0 Å². The Hall–Kier alpha value is -1.57. The van der Waals surface area contributed by atoms with Crippen LogP contribution in [0.3, 0.4) is 0 Å². The Labute approximate surface area is 85.6 Å². The normalized spacial score (nSPS) is 25.0. The maximum atomic E-state index is 11.0. The monoisotopic (exact) mass is 215 g/mol. The summed E-state index contributed by atoms with van der Waals surface area (Å²) in [6, 6.07) is 0. The third kappa shape index (κ3) is 2.47. The molecule has 0 bridgehead atoms. The van der Waals surface area contributed by atoms with E-state index in [-0.39, 0.29) is 0 Å². The molecular weight excluding hydrogens is 207 g/mol. The summed E-state index contributed by atoms with van der Waals surface area (Å²) in [5.74, 6) is -2.96. The van der Waals surface area contributed by atoms with Gasteiger partial charge in [0.2, 0.25) is 0 Å². The zero-order chi connectivity index (χ0) is 11.5. The number of carbonyl (C=O) groups is 3. The molecule has 1 rings (SSSR count). The van der Waals surface area contributed by atoms with Gasteiger partial charge in [-0.05, 0) is 0 Å². The Morgan fingerprint density at radius 3 is 2.80 bits per heavy atom. The quantitative estimate of drug-likeness (QED) is 0.469. The Bertz CT molecular complexity index is 302. The molecule has 0 aliphatic carbocycles. The Morgan fingerprint density at radius 1 is 1.67 bits per heavy atom. The molecule has 1 N–H and O–H groups in total. The van der Waals surface area contributed by atoms with Crippen molar-refractivity contribution in [1.29, 1.82) is 0 Å². The third-order valence-electron chi connectivity index (χ3n) is 1.93. The highest BCUT2D eigenvalue weighted by Gasteiger charge is 2.48. The summed E-state index contributed by atoms with van der Waals surface area (Å²) in [7, 11) is 1.73. The van der Waals surface area contributed by atoms with Crippen molar-refractivity contribution in [2.24, 2.45) is 0 Å². The lowest BCUT2D eigenvalue weighted by molar-refractivity contribution is -0.173. The number of esters is 1. The fourth-order valence-electron chi connectivity index (χ4n) is 1.10. The molecule has 15 heavy (non-hydrogen) atoms. The van der Waals surface area contributed by atoms with Crippen LogP contribution in [0.15, 0.2) is 0 Å². The second kappa shape index (κ2) is 4.30. The molecule has 1 aliphatic rings. The SMILES string of the molecule is COC(=O)CC1(C(=O)O)CC(=O)O[B]O1. The van der Waals surface area contributed by atoms with Crippen LogP contribution >= 0.6 is 0 Å². The molecule has 0 saturated carbocycles. The van der Waals surface area contributed by atoms with Crippen molar-refractivity contribution in [1.82, 2.24) is 0 Å². The van der Waals surface area contributed by atoms with Crippen molar-refractivity contribution < 1.29 is 33.5 Å². The molecule has 0 aromatic carbocycles. The second-order valence-corrected chi connectivity index (χ2v) is 2.93. The highest BCUT2D eigenvalue weighted by Crippen LogP contribution is 2.25. The molecule has 7 nitrogen and oxygen atoms in total. The molecule has 1 aliphatic heterocycles. The summed E-state index contributed by atoms with van der Waals surface area (Å²) in [4.78, 5) is 32.8. The Kier molecular flexibility index (Phi) is 3.30. The minimum atomic E-state index is -1.91. The molecule has 1 atom stereocenters. The molecule has 0 aromatic heterocycles. The number of carboxylic acid groups (broad SMARTS) is 1. The number of rotatable bonds is 3. The zero-order valence-corrected chi connectivity index (χ0v) is 7.89. The van der Waals surface area contributed by atoms with Gasteiger partial charge >= 0.3 is 19.6 Å². The van der Waals surface area contributed by atoms with Crippen LogP contribution < -0.4 is 0 Å². The highest BCUT2D eigenvalue weighted by atomic mass is 16.6. The number of methoxy groups -OCH3 is 1. The first-order valence-electron chi connectivity index (χ1n) is 3.99. The maximum Gasteiger partial charge on any atom is 0.575 e. The number of ether oxygens (including phenoxy) is 1. The third-order valence-corrected chi connectivity index (χ3v) is 1.93. The van der Waals surface area contributed by atoms with Crippen molar-refractivity contribution >= 4 is 25.6 Å². The fourth-order valence-corrected chi connectivity index (χ4v) is 1.10. The van der Waals surface area contributed by atoms with Crippen LogP contribution in [0.25, 0.3) is 0 Å². The summed E-state index contributed by atoms with van der Waals surface area (Å²) in [5, 5.41) is 8.89. The number of carbonyl (C=O) groups excluding carboxylic acids is 2. The van der Waals surface area contributed by atoms with Crippen molar-refractivity contribution in [3.63, 3.8) is 0 Å². The van der Waals surface area contributed by atoms with Crippen molar-refractivity contribution in [2.45, 2.75) is 18.4 Å². The molecule has 8 heteroatoms. The van der Waals surface area contributed by atoms with Gasteiger partial charge in [-0.2, -0.15) is 0 Å². The molecule has 0 aromatic rings. The second-order valence-electron chi connectivity index (χ2n) is 2.93. The first-order chi connectivity index (χ1) is 7.00. The fraction of sp³-hybridized carbons (Fsp3) is 0.571. The molecule has 81 valence electrons. The smallest absolute Gasteiger partial charge is 0.511 e. The minimum absolute atomic E-state index is 0.534. The van der Waals surface area contributed by atoms with Gasteiger partial charge in [0.25, 0.3) is 5.97 Å². The van der Waals surface area contributed by atoms with E-state index in [1.54, 1.807) is 0 Å². The molecule has 0 spiro atoms. The summed E-state index contributed by atoms with van der Waals surface area (Å²) in [6.45, 7) is 0. The van der Waals surface area contributed by atoms with Gasteiger partial charge in [0, 0.05) is 0 Å². The summed E-state index contributed by atoms with van der Waals surface area (Å²) in [5.41, 5.74) is -1.91. The van der Waals surface area contributed by atoms with Gasteiger partial charge in [-0.25, -0.2) is 4.79 Å². The van der Waals surface area contributed by atoms with E-state index >= 15 is 0 Å². The van der Waals surface area contributed by atoms with Gasteiger partial charge in [-0.15, -0.1) is 0 Å². The zero-order valence-electron chi connectivity index (χ0n) is 7.89. The average molecular weight is 215 g/mol. The predicted octanol–water partition coefficient (Wildman–Crippen LogP) is -1.13. The molecule has 1 fully saturated rings. The average Bonchev–Trinajstić information content (AvgIpc) is 2.17. The summed E-state index contributed by atoms with van der Waals surface area (Å²) >= 11 is 0. The molecule has 1 saturated heterocycles. The van der Waals surface area contributed by atoms with Crippen molar-refractivity contribution in [2.75, 3.05) is 7.11 Å². The van der Waals surface area contributed by atoms with Crippen LogP contribution in [0.2, 0.25) is 0 Å². The Morgan fingerprint density at radius 2 is 2.33 bits per heavy atom. The van der Waals surface area contributed by atoms with Crippen molar-refractivity contribution in [3.05, 3.63) is 0 Å².